The van der Waals surface area contributed by atoms with Gasteiger partial charge in [0.2, 0.25) is 0 Å². The highest BCUT2D eigenvalue weighted by Gasteiger charge is 2.52. The van der Waals surface area contributed by atoms with E-state index in [0.29, 0.717) is 17.1 Å². The van der Waals surface area contributed by atoms with Gasteiger partial charge in [0.15, 0.2) is 0 Å². The smallest absolute Gasteiger partial charge is 0.400 e. The minimum absolute atomic E-state index is 0.247. The van der Waals surface area contributed by atoms with Gasteiger partial charge in [0, 0.05) is 30.2 Å². The second-order valence-electron chi connectivity index (χ2n) is 7.59. The van der Waals surface area contributed by atoms with Gasteiger partial charge in [0.05, 0.1) is 11.2 Å². The fourth-order valence-corrected chi connectivity index (χ4v) is 3.13. The van der Waals surface area contributed by atoms with Crippen LogP contribution in [0.15, 0.2) is 29.7 Å². The lowest BCUT2D eigenvalue weighted by Gasteiger charge is -2.32. The molecule has 0 unspecified atom stereocenters. The van der Waals surface area contributed by atoms with Crippen LogP contribution in [-0.4, -0.2) is 36.3 Å². The fraction of sp³-hybridized carbons (Fsp3) is 0.556. The molecule has 0 saturated carbocycles. The molecule has 2 heterocycles. The summed E-state index contributed by atoms with van der Waals surface area (Å²) in [4.78, 5) is 2.21. The summed E-state index contributed by atoms with van der Waals surface area (Å²) in [6, 6.07) is 4.85. The molecule has 1 aromatic rings. The fourth-order valence-electron chi connectivity index (χ4n) is 2.97. The molecule has 1 saturated heterocycles. The third kappa shape index (κ3) is 3.55. The molecule has 0 amide bonds. The van der Waals surface area contributed by atoms with Crippen LogP contribution in [0.1, 0.15) is 39.7 Å². The minimum atomic E-state index is -0.317. The third-order valence-electron chi connectivity index (χ3n) is 5.29. The van der Waals surface area contributed by atoms with Gasteiger partial charge < -0.3 is 9.31 Å². The first-order valence-electron chi connectivity index (χ1n) is 8.39. The lowest BCUT2D eigenvalue weighted by molar-refractivity contribution is 0.00578. The van der Waals surface area contributed by atoms with E-state index in [9.17, 15) is 4.39 Å². The Kier molecular flexibility index (Phi) is 4.82. The first kappa shape index (κ1) is 17.9. The zero-order valence-electron chi connectivity index (χ0n) is 14.7. The quantitative estimate of drug-likeness (QED) is 0.760. The van der Waals surface area contributed by atoms with Crippen LogP contribution in [0.3, 0.4) is 0 Å². The molecule has 0 atom stereocenters. The molecule has 0 N–H and O–H groups in total. The minimum Gasteiger partial charge on any atom is -0.400 e. The highest BCUT2D eigenvalue weighted by atomic mass is 35.5. The second-order valence-corrected chi connectivity index (χ2v) is 8.02. The number of hydrogen-bond donors (Lipinski definition) is 0. The van der Waals surface area contributed by atoms with Crippen LogP contribution in [0.25, 0.3) is 0 Å². The third-order valence-corrected chi connectivity index (χ3v) is 5.53. The van der Waals surface area contributed by atoms with E-state index in [4.69, 9.17) is 20.9 Å². The van der Waals surface area contributed by atoms with E-state index >= 15 is 0 Å². The maximum Gasteiger partial charge on any atom is 0.490 e. The first-order chi connectivity index (χ1) is 11.2. The van der Waals surface area contributed by atoms with Crippen molar-refractivity contribution in [3.05, 3.63) is 46.2 Å². The van der Waals surface area contributed by atoms with Crippen LogP contribution >= 0.6 is 11.6 Å². The SMILES string of the molecule is CC1(C)OB(C2=CCN(Cc3ccc(Cl)cc3F)CC2)OC1(C)C. The zero-order chi connectivity index (χ0) is 17.5. The predicted octanol–water partition coefficient (Wildman–Crippen LogP) is 4.24. The number of rotatable bonds is 3. The Bertz CT molecular complexity index is 646. The second kappa shape index (κ2) is 6.45. The standard InChI is InChI=1S/C18H24BClFNO2/c1-17(2)18(3,4)24-19(23-17)14-7-9-22(10-8-14)12-13-5-6-15(20)11-16(13)21/h5-7,11H,8-10,12H2,1-4H3. The van der Waals surface area contributed by atoms with E-state index in [1.165, 1.54) is 11.5 Å². The Morgan fingerprint density at radius 3 is 2.42 bits per heavy atom. The molecule has 3 nitrogen and oxygen atoms in total. The van der Waals surface area contributed by atoms with Crippen LogP contribution < -0.4 is 0 Å². The van der Waals surface area contributed by atoms with Crippen molar-refractivity contribution in [3.63, 3.8) is 0 Å². The largest absolute Gasteiger partial charge is 0.490 e. The molecule has 2 aliphatic heterocycles. The highest BCUT2D eigenvalue weighted by molar-refractivity contribution is 6.54. The number of benzene rings is 1. The summed E-state index contributed by atoms with van der Waals surface area (Å²) in [5.74, 6) is -0.247. The van der Waals surface area contributed by atoms with Crippen molar-refractivity contribution >= 4 is 18.7 Å². The molecule has 0 aromatic heterocycles. The van der Waals surface area contributed by atoms with E-state index in [0.717, 1.165) is 19.5 Å². The molecule has 2 aliphatic rings. The van der Waals surface area contributed by atoms with Crippen molar-refractivity contribution in [2.24, 2.45) is 0 Å². The Morgan fingerprint density at radius 1 is 1.21 bits per heavy atom. The van der Waals surface area contributed by atoms with Gasteiger partial charge in [-0.15, -0.1) is 0 Å². The molecule has 1 aromatic carbocycles. The summed E-state index contributed by atoms with van der Waals surface area (Å²) < 4.78 is 26.1. The molecule has 3 rings (SSSR count). The van der Waals surface area contributed by atoms with Crippen molar-refractivity contribution in [2.45, 2.75) is 51.9 Å². The number of hydrogen-bond acceptors (Lipinski definition) is 3. The lowest BCUT2D eigenvalue weighted by atomic mass is 9.74. The van der Waals surface area contributed by atoms with Gasteiger partial charge in [0.25, 0.3) is 0 Å². The molecule has 0 spiro atoms. The normalized spacial score (nSPS) is 23.4. The lowest BCUT2D eigenvalue weighted by Crippen LogP contribution is -2.41. The average Bonchev–Trinajstić information content (AvgIpc) is 2.71. The summed E-state index contributed by atoms with van der Waals surface area (Å²) >= 11 is 5.81. The van der Waals surface area contributed by atoms with Gasteiger partial charge in [-0.2, -0.15) is 0 Å². The van der Waals surface area contributed by atoms with Crippen LogP contribution in [0.5, 0.6) is 0 Å². The van der Waals surface area contributed by atoms with Crippen LogP contribution in [0.4, 0.5) is 4.39 Å². The first-order valence-corrected chi connectivity index (χ1v) is 8.77. The maximum absolute atomic E-state index is 13.9. The van der Waals surface area contributed by atoms with Gasteiger partial charge in [0.1, 0.15) is 5.82 Å². The summed E-state index contributed by atoms with van der Waals surface area (Å²) in [6.07, 6.45) is 3.02. The van der Waals surface area contributed by atoms with Crippen molar-refractivity contribution in [3.8, 4) is 0 Å². The summed E-state index contributed by atoms with van der Waals surface area (Å²) in [5, 5.41) is 0.429. The average molecular weight is 352 g/mol. The molecule has 0 aliphatic carbocycles. The summed E-state index contributed by atoms with van der Waals surface area (Å²) in [6.45, 7) is 10.5. The maximum atomic E-state index is 13.9. The predicted molar refractivity (Wildman–Crippen MR) is 95.5 cm³/mol. The van der Waals surface area contributed by atoms with Gasteiger partial charge in [-0.3, -0.25) is 4.90 Å². The van der Waals surface area contributed by atoms with E-state index in [1.807, 2.05) is 0 Å². The van der Waals surface area contributed by atoms with E-state index in [-0.39, 0.29) is 24.1 Å². The van der Waals surface area contributed by atoms with Crippen molar-refractivity contribution in [1.82, 2.24) is 4.90 Å². The molecular formula is C18H24BClFNO2. The Morgan fingerprint density at radius 2 is 1.88 bits per heavy atom. The molecule has 0 bridgehead atoms. The number of nitrogens with zero attached hydrogens (tertiary/aromatic N) is 1. The molecule has 1 fully saturated rings. The summed E-state index contributed by atoms with van der Waals surface area (Å²) in [5.41, 5.74) is 1.22. The highest BCUT2D eigenvalue weighted by Crippen LogP contribution is 2.39. The Balaban J connectivity index is 1.63. The van der Waals surface area contributed by atoms with Crippen LogP contribution in [-0.2, 0) is 15.9 Å². The van der Waals surface area contributed by atoms with E-state index < -0.39 is 0 Å². The molecule has 0 radical (unpaired) electrons. The Labute approximate surface area is 148 Å². The zero-order valence-corrected chi connectivity index (χ0v) is 15.5. The van der Waals surface area contributed by atoms with Crippen molar-refractivity contribution in [2.75, 3.05) is 13.1 Å². The van der Waals surface area contributed by atoms with Crippen LogP contribution in [0, 0.1) is 5.82 Å². The number of halogens is 2. The molecular weight excluding hydrogens is 327 g/mol. The van der Waals surface area contributed by atoms with E-state index in [2.05, 4.69) is 38.7 Å². The molecule has 24 heavy (non-hydrogen) atoms. The van der Waals surface area contributed by atoms with Crippen LogP contribution in [0.2, 0.25) is 5.02 Å². The Hall–Kier alpha value is -0.875. The monoisotopic (exact) mass is 351 g/mol. The van der Waals surface area contributed by atoms with Gasteiger partial charge >= 0.3 is 7.12 Å². The molecule has 130 valence electrons. The van der Waals surface area contributed by atoms with Gasteiger partial charge in [-0.25, -0.2) is 4.39 Å². The van der Waals surface area contributed by atoms with Gasteiger partial charge in [-0.1, -0.05) is 23.7 Å². The summed E-state index contributed by atoms with van der Waals surface area (Å²) in [7, 11) is -0.274. The van der Waals surface area contributed by atoms with Crippen molar-refractivity contribution in [1.29, 1.82) is 0 Å². The topological polar surface area (TPSA) is 21.7 Å². The van der Waals surface area contributed by atoms with Gasteiger partial charge in [-0.05, 0) is 51.7 Å². The molecule has 6 heteroatoms. The van der Waals surface area contributed by atoms with E-state index in [1.54, 1.807) is 12.1 Å². The van der Waals surface area contributed by atoms with Crippen molar-refractivity contribution < 1.29 is 13.7 Å².